The third-order valence-corrected chi connectivity index (χ3v) is 10.6. The summed E-state index contributed by atoms with van der Waals surface area (Å²) >= 11 is 0. The maximum absolute atomic E-state index is 6.81. The maximum atomic E-state index is 6.81. The summed E-state index contributed by atoms with van der Waals surface area (Å²) in [4.78, 5) is 9.78. The number of unbranched alkanes of at least 4 members (excludes halogenated alkanes) is 18. The number of hydrogen-bond donors (Lipinski definition) is 1. The molecule has 0 aromatic carbocycles. The van der Waals surface area contributed by atoms with Crippen LogP contribution in [0.25, 0.3) is 0 Å². The number of imidazole rings is 1. The van der Waals surface area contributed by atoms with Gasteiger partial charge < -0.3 is 19.4 Å². The molecule has 2 rings (SSSR count). The molecule has 0 aliphatic carbocycles. The lowest BCUT2D eigenvalue weighted by molar-refractivity contribution is -0.180. The minimum atomic E-state index is -0.358. The summed E-state index contributed by atoms with van der Waals surface area (Å²) in [5.74, 6) is -0.358. The summed E-state index contributed by atoms with van der Waals surface area (Å²) in [6.45, 7) is 7.35. The molecule has 1 N–H and O–H groups in total. The van der Waals surface area contributed by atoms with Gasteiger partial charge in [0.05, 0.1) is 19.0 Å². The number of H-pyrrole nitrogens is 1. The average molecular weight is 722 g/mol. The van der Waals surface area contributed by atoms with Gasteiger partial charge in [-0.15, -0.1) is 0 Å². The molecule has 52 heavy (non-hydrogen) atoms. The average Bonchev–Trinajstić information content (AvgIpc) is 3.83. The van der Waals surface area contributed by atoms with Crippen LogP contribution in [0.15, 0.2) is 61.1 Å². The number of likely N-dealkylation sites (N-methyl/N-ethyl adjacent to an activating group) is 1. The minimum Gasteiger partial charge on any atom is -0.348 e. The van der Waals surface area contributed by atoms with Crippen molar-refractivity contribution < 1.29 is 9.47 Å². The summed E-state index contributed by atoms with van der Waals surface area (Å²) in [5, 5.41) is 0. The summed E-state index contributed by atoms with van der Waals surface area (Å²) in [5.41, 5.74) is 1.20. The van der Waals surface area contributed by atoms with Crippen LogP contribution in [0.3, 0.4) is 0 Å². The highest BCUT2D eigenvalue weighted by Gasteiger charge is 2.40. The van der Waals surface area contributed by atoms with Gasteiger partial charge in [-0.2, -0.15) is 0 Å². The molecule has 1 aromatic rings. The summed E-state index contributed by atoms with van der Waals surface area (Å²) < 4.78 is 13.4. The Bertz CT molecular complexity index is 966. The monoisotopic (exact) mass is 722 g/mol. The van der Waals surface area contributed by atoms with Gasteiger partial charge in [0.1, 0.15) is 0 Å². The molecule has 1 aromatic heterocycles. The second kappa shape index (κ2) is 33.6. The Kier molecular flexibility index (Phi) is 29.9. The number of rotatable bonds is 36. The predicted molar refractivity (Wildman–Crippen MR) is 226 cm³/mol. The van der Waals surface area contributed by atoms with Gasteiger partial charge in [-0.3, -0.25) is 0 Å². The quantitative estimate of drug-likeness (QED) is 0.0554. The zero-order valence-electron chi connectivity index (χ0n) is 34.5. The van der Waals surface area contributed by atoms with Crippen molar-refractivity contribution in [2.75, 3.05) is 26.7 Å². The summed E-state index contributed by atoms with van der Waals surface area (Å²) in [6, 6.07) is 0. The molecule has 1 aliphatic heterocycles. The molecule has 1 aliphatic rings. The van der Waals surface area contributed by atoms with Crippen LogP contribution in [0.4, 0.5) is 0 Å². The number of aromatic nitrogens is 2. The molecule has 1 atom stereocenters. The van der Waals surface area contributed by atoms with Gasteiger partial charge >= 0.3 is 0 Å². The van der Waals surface area contributed by atoms with Crippen LogP contribution < -0.4 is 0 Å². The molecule has 0 bridgehead atoms. The van der Waals surface area contributed by atoms with E-state index in [9.17, 15) is 0 Å². The smallest absolute Gasteiger partial charge is 0.168 e. The van der Waals surface area contributed by atoms with Crippen LogP contribution in [-0.4, -0.2) is 53.5 Å². The molecule has 1 saturated heterocycles. The molecule has 0 radical (unpaired) electrons. The SMILES string of the molecule is CCCCCC=CCC=CCCCCCCCCC1(CCCCCCCCC=CCC=CCCCCC)OCC(CCN(C)CCc2cnc[nH]2)O1. The van der Waals surface area contributed by atoms with E-state index in [1.165, 1.54) is 147 Å². The Hall–Kier alpha value is -1.95. The molecule has 5 nitrogen and oxygen atoms in total. The van der Waals surface area contributed by atoms with E-state index in [0.29, 0.717) is 0 Å². The molecule has 0 amide bonds. The first-order valence-corrected chi connectivity index (χ1v) is 22.2. The van der Waals surface area contributed by atoms with Crippen LogP contribution in [0.1, 0.15) is 193 Å². The standard InChI is InChI=1S/C47H83N3O2/c1-4-6-8-10-12-14-16-18-20-22-24-26-28-30-32-34-38-47(51-43-46(52-47)37-41-50(3)40-36-45-42-48-44-49-45)39-35-33-31-29-27-25-23-21-19-17-15-13-11-9-7-5-2/h12-15,18-21,42,44,46H,4-11,16-17,22-41,43H2,1-3H3,(H,48,49). The van der Waals surface area contributed by atoms with E-state index in [1.807, 2.05) is 6.20 Å². The summed E-state index contributed by atoms with van der Waals surface area (Å²) in [6.07, 6.45) is 57.7. The van der Waals surface area contributed by atoms with Gasteiger partial charge in [0.25, 0.3) is 0 Å². The second-order valence-electron chi connectivity index (χ2n) is 15.5. The first-order chi connectivity index (χ1) is 25.7. The van der Waals surface area contributed by atoms with Crippen LogP contribution in [0.2, 0.25) is 0 Å². The molecule has 2 heterocycles. The molecule has 1 unspecified atom stereocenters. The van der Waals surface area contributed by atoms with E-state index in [0.717, 1.165) is 58.2 Å². The number of hydrogen-bond acceptors (Lipinski definition) is 4. The van der Waals surface area contributed by atoms with Crippen molar-refractivity contribution in [2.24, 2.45) is 0 Å². The van der Waals surface area contributed by atoms with Crippen molar-refractivity contribution >= 4 is 0 Å². The van der Waals surface area contributed by atoms with Crippen molar-refractivity contribution in [1.29, 1.82) is 0 Å². The molecule has 0 saturated carbocycles. The lowest BCUT2D eigenvalue weighted by Gasteiger charge is -2.29. The van der Waals surface area contributed by atoms with Crippen LogP contribution in [0.5, 0.6) is 0 Å². The second-order valence-corrected chi connectivity index (χ2v) is 15.5. The third-order valence-electron chi connectivity index (χ3n) is 10.6. The first-order valence-electron chi connectivity index (χ1n) is 22.2. The highest BCUT2D eigenvalue weighted by Crippen LogP contribution is 2.35. The highest BCUT2D eigenvalue weighted by molar-refractivity contribution is 4.95. The van der Waals surface area contributed by atoms with Crippen molar-refractivity contribution in [3.63, 3.8) is 0 Å². The van der Waals surface area contributed by atoms with E-state index in [1.54, 1.807) is 6.33 Å². The van der Waals surface area contributed by atoms with E-state index >= 15 is 0 Å². The molecule has 5 heteroatoms. The zero-order chi connectivity index (χ0) is 37.1. The number of nitrogens with one attached hydrogen (secondary N) is 1. The van der Waals surface area contributed by atoms with Gasteiger partial charge in [-0.1, -0.05) is 140 Å². The van der Waals surface area contributed by atoms with Crippen molar-refractivity contribution in [3.8, 4) is 0 Å². The predicted octanol–water partition coefficient (Wildman–Crippen LogP) is 13.8. The fourth-order valence-electron chi connectivity index (χ4n) is 7.12. The minimum absolute atomic E-state index is 0.212. The highest BCUT2D eigenvalue weighted by atomic mass is 16.7. The van der Waals surface area contributed by atoms with Gasteiger partial charge in [0, 0.05) is 44.2 Å². The van der Waals surface area contributed by atoms with Crippen molar-refractivity contribution in [3.05, 3.63) is 66.8 Å². The van der Waals surface area contributed by atoms with Crippen LogP contribution in [-0.2, 0) is 15.9 Å². The molecule has 0 spiro atoms. The van der Waals surface area contributed by atoms with E-state index in [4.69, 9.17) is 9.47 Å². The fourth-order valence-corrected chi connectivity index (χ4v) is 7.12. The summed E-state index contributed by atoms with van der Waals surface area (Å²) in [7, 11) is 2.22. The van der Waals surface area contributed by atoms with E-state index < -0.39 is 0 Å². The number of allylic oxidation sites excluding steroid dienone is 8. The normalized spacial score (nSPS) is 18.2. The fraction of sp³-hybridized carbons (Fsp3) is 0.766. The largest absolute Gasteiger partial charge is 0.348 e. The molecule has 1 fully saturated rings. The van der Waals surface area contributed by atoms with Gasteiger partial charge in [-0.25, -0.2) is 4.98 Å². The Balaban J connectivity index is 1.61. The van der Waals surface area contributed by atoms with E-state index in [-0.39, 0.29) is 11.9 Å². The topological polar surface area (TPSA) is 50.4 Å². The van der Waals surface area contributed by atoms with Gasteiger partial charge in [0.15, 0.2) is 5.79 Å². The first kappa shape index (κ1) is 46.2. The van der Waals surface area contributed by atoms with Crippen molar-refractivity contribution in [2.45, 2.75) is 206 Å². The van der Waals surface area contributed by atoms with Crippen LogP contribution >= 0.6 is 0 Å². The Morgan fingerprint density at radius 3 is 1.62 bits per heavy atom. The molecule has 298 valence electrons. The Labute approximate surface area is 322 Å². The lowest BCUT2D eigenvalue weighted by atomic mass is 9.98. The number of ether oxygens (including phenoxy) is 2. The molecular formula is C47H83N3O2. The zero-order valence-corrected chi connectivity index (χ0v) is 34.5. The maximum Gasteiger partial charge on any atom is 0.168 e. The van der Waals surface area contributed by atoms with Gasteiger partial charge in [-0.05, 0) is 90.5 Å². The van der Waals surface area contributed by atoms with Crippen LogP contribution in [0, 0.1) is 0 Å². The lowest BCUT2D eigenvalue weighted by Crippen LogP contribution is -2.32. The van der Waals surface area contributed by atoms with Gasteiger partial charge in [0.2, 0.25) is 0 Å². The number of nitrogens with zero attached hydrogens (tertiary/aromatic N) is 2. The van der Waals surface area contributed by atoms with E-state index in [2.05, 4.69) is 84.4 Å². The Morgan fingerprint density at radius 2 is 1.13 bits per heavy atom. The Morgan fingerprint density at radius 1 is 0.654 bits per heavy atom. The molecular weight excluding hydrogens is 639 g/mol. The third kappa shape index (κ3) is 25.9. The van der Waals surface area contributed by atoms with Crippen molar-refractivity contribution in [1.82, 2.24) is 14.9 Å². The number of aromatic amines is 1.